The predicted molar refractivity (Wildman–Crippen MR) is 126 cm³/mol. The fourth-order valence-corrected chi connectivity index (χ4v) is 5.08. The van der Waals surface area contributed by atoms with E-state index in [0.717, 1.165) is 17.9 Å². The molecule has 0 aliphatic heterocycles. The number of unbranched alkanes of at least 4 members (excludes halogenated alkanes) is 2. The highest BCUT2D eigenvalue weighted by Gasteiger charge is 2.24. The van der Waals surface area contributed by atoms with Crippen molar-refractivity contribution >= 4 is 0 Å². The summed E-state index contributed by atoms with van der Waals surface area (Å²) in [6, 6.07) is 12.2. The molecule has 0 spiro atoms. The van der Waals surface area contributed by atoms with Crippen molar-refractivity contribution in [3.05, 3.63) is 52.8 Å². The Hall–Kier alpha value is -2.34. The van der Waals surface area contributed by atoms with Crippen molar-refractivity contribution in [3.8, 4) is 22.9 Å². The molecule has 0 aromatic heterocycles. The molecule has 0 N–H and O–H groups in total. The molecule has 0 radical (unpaired) electrons. The third-order valence-corrected chi connectivity index (χ3v) is 6.89. The maximum atomic E-state index is 15.0. The number of hydrogen-bond donors (Lipinski definition) is 0. The van der Waals surface area contributed by atoms with Gasteiger partial charge in [-0.2, -0.15) is 5.26 Å². The van der Waals surface area contributed by atoms with Crippen molar-refractivity contribution in [1.29, 1.82) is 5.26 Å². The van der Waals surface area contributed by atoms with Crippen molar-refractivity contribution in [2.75, 3.05) is 7.11 Å². The van der Waals surface area contributed by atoms with Gasteiger partial charge in [-0.3, -0.25) is 0 Å². The van der Waals surface area contributed by atoms with Crippen molar-refractivity contribution < 1.29 is 9.13 Å². The third kappa shape index (κ3) is 5.48. The number of hydrogen-bond acceptors (Lipinski definition) is 2. The van der Waals surface area contributed by atoms with Crippen LogP contribution in [-0.4, -0.2) is 7.11 Å². The quantitative estimate of drug-likeness (QED) is 0.382. The second kappa shape index (κ2) is 11.3. The zero-order valence-electron chi connectivity index (χ0n) is 19.3. The normalized spacial score (nSPS) is 18.5. The van der Waals surface area contributed by atoms with Crippen LogP contribution < -0.4 is 4.74 Å². The van der Waals surface area contributed by atoms with E-state index in [1.165, 1.54) is 64.0 Å². The number of nitrogens with zero attached hydrogens (tertiary/aromatic N) is 1. The molecule has 1 aliphatic rings. The standard InChI is InChI=1S/C28H36FNO/c1-4-6-7-9-20-10-12-21(13-11-20)23-15-16-25(24(18-23)19-30)26-17-14-22(8-5-2)27(29)28(26)31-3/h14-18,20-21H,4-13H2,1-3H3. The van der Waals surface area contributed by atoms with Crippen molar-refractivity contribution in [1.82, 2.24) is 0 Å². The molecule has 3 heteroatoms. The van der Waals surface area contributed by atoms with Gasteiger partial charge >= 0.3 is 0 Å². The Kier molecular flexibility index (Phi) is 8.52. The lowest BCUT2D eigenvalue weighted by atomic mass is 9.76. The molecule has 1 saturated carbocycles. The number of benzene rings is 2. The molecule has 2 aromatic rings. The minimum Gasteiger partial charge on any atom is -0.493 e. The SMILES string of the molecule is CCCCCC1CCC(c2ccc(-c3ccc(CCC)c(F)c3OC)c(C#N)c2)CC1. The molecule has 2 aromatic carbocycles. The summed E-state index contributed by atoms with van der Waals surface area (Å²) in [6.45, 7) is 4.29. The van der Waals surface area contributed by atoms with Crippen LogP contribution >= 0.6 is 0 Å². The Bertz CT molecular complexity index is 906. The first-order valence-electron chi connectivity index (χ1n) is 12.0. The summed E-state index contributed by atoms with van der Waals surface area (Å²) in [4.78, 5) is 0. The molecule has 2 nitrogen and oxygen atoms in total. The molecule has 3 rings (SSSR count). The van der Waals surface area contributed by atoms with Crippen molar-refractivity contribution in [2.45, 2.75) is 84.0 Å². The summed E-state index contributed by atoms with van der Waals surface area (Å²) in [5.41, 5.74) is 3.91. The first-order chi connectivity index (χ1) is 15.1. The van der Waals surface area contributed by atoms with E-state index in [9.17, 15) is 9.65 Å². The number of halogens is 1. The lowest BCUT2D eigenvalue weighted by Crippen LogP contribution is -2.13. The minimum atomic E-state index is -0.309. The highest BCUT2D eigenvalue weighted by molar-refractivity contribution is 5.77. The van der Waals surface area contributed by atoms with Gasteiger partial charge in [0, 0.05) is 11.1 Å². The largest absolute Gasteiger partial charge is 0.493 e. The molecule has 0 amide bonds. The number of ether oxygens (including phenoxy) is 1. The summed E-state index contributed by atoms with van der Waals surface area (Å²) in [5, 5.41) is 9.85. The fourth-order valence-electron chi connectivity index (χ4n) is 5.08. The van der Waals surface area contributed by atoms with Gasteiger partial charge in [0.1, 0.15) is 0 Å². The van der Waals surface area contributed by atoms with E-state index in [0.29, 0.717) is 29.0 Å². The molecular formula is C28H36FNO. The van der Waals surface area contributed by atoms with Gasteiger partial charge in [-0.1, -0.05) is 70.2 Å². The molecule has 0 heterocycles. The van der Waals surface area contributed by atoms with Crippen LogP contribution in [0, 0.1) is 23.1 Å². The van der Waals surface area contributed by atoms with E-state index in [-0.39, 0.29) is 11.6 Å². The Labute approximate surface area is 187 Å². The summed E-state index contributed by atoms with van der Waals surface area (Å²) in [6.07, 6.45) is 11.9. The second-order valence-electron chi connectivity index (χ2n) is 9.00. The lowest BCUT2D eigenvalue weighted by Gasteiger charge is -2.29. The highest BCUT2D eigenvalue weighted by Crippen LogP contribution is 2.41. The molecule has 1 aliphatic carbocycles. The van der Waals surface area contributed by atoms with Gasteiger partial charge in [-0.25, -0.2) is 4.39 Å². The summed E-state index contributed by atoms with van der Waals surface area (Å²) in [7, 11) is 1.50. The zero-order valence-corrected chi connectivity index (χ0v) is 19.3. The average Bonchev–Trinajstić information content (AvgIpc) is 2.80. The van der Waals surface area contributed by atoms with Crippen LogP contribution in [0.25, 0.3) is 11.1 Å². The summed E-state index contributed by atoms with van der Waals surface area (Å²) < 4.78 is 20.4. The average molecular weight is 422 g/mol. The Morgan fingerprint density at radius 1 is 1.00 bits per heavy atom. The van der Waals surface area contributed by atoms with E-state index in [1.54, 1.807) is 0 Å². The van der Waals surface area contributed by atoms with Crippen LogP contribution in [0.4, 0.5) is 4.39 Å². The number of aryl methyl sites for hydroxylation is 1. The van der Waals surface area contributed by atoms with Gasteiger partial charge in [0.25, 0.3) is 0 Å². The Morgan fingerprint density at radius 2 is 1.74 bits per heavy atom. The van der Waals surface area contributed by atoms with Gasteiger partial charge in [0.15, 0.2) is 11.6 Å². The first-order valence-corrected chi connectivity index (χ1v) is 12.0. The molecule has 31 heavy (non-hydrogen) atoms. The lowest BCUT2D eigenvalue weighted by molar-refractivity contribution is 0.303. The van der Waals surface area contributed by atoms with Gasteiger partial charge < -0.3 is 4.74 Å². The molecular weight excluding hydrogens is 385 g/mol. The van der Waals surface area contributed by atoms with Gasteiger partial charge in [-0.15, -0.1) is 0 Å². The predicted octanol–water partition coefficient (Wildman–Crippen LogP) is 8.18. The highest BCUT2D eigenvalue weighted by atomic mass is 19.1. The van der Waals surface area contributed by atoms with Crippen molar-refractivity contribution in [3.63, 3.8) is 0 Å². The van der Waals surface area contributed by atoms with Crippen LogP contribution in [0.15, 0.2) is 30.3 Å². The summed E-state index contributed by atoms with van der Waals surface area (Å²) in [5.74, 6) is 1.32. The third-order valence-electron chi connectivity index (χ3n) is 6.89. The second-order valence-corrected chi connectivity index (χ2v) is 9.00. The molecule has 0 atom stereocenters. The van der Waals surface area contributed by atoms with Crippen LogP contribution in [0.1, 0.15) is 94.2 Å². The van der Waals surface area contributed by atoms with Crippen LogP contribution in [0.5, 0.6) is 5.75 Å². The Balaban J connectivity index is 1.80. The van der Waals surface area contributed by atoms with Crippen LogP contribution in [0.3, 0.4) is 0 Å². The smallest absolute Gasteiger partial charge is 0.168 e. The van der Waals surface area contributed by atoms with Gasteiger partial charge in [0.05, 0.1) is 18.7 Å². The topological polar surface area (TPSA) is 33.0 Å². The van der Waals surface area contributed by atoms with E-state index in [4.69, 9.17) is 4.74 Å². The molecule has 1 fully saturated rings. The van der Waals surface area contributed by atoms with E-state index in [1.807, 2.05) is 31.2 Å². The fraction of sp³-hybridized carbons (Fsp3) is 0.536. The van der Waals surface area contributed by atoms with Gasteiger partial charge in [-0.05, 0) is 61.1 Å². The number of methoxy groups -OCH3 is 1. The minimum absolute atomic E-state index is 0.239. The van der Waals surface area contributed by atoms with E-state index >= 15 is 0 Å². The van der Waals surface area contributed by atoms with Crippen molar-refractivity contribution in [2.24, 2.45) is 5.92 Å². The maximum Gasteiger partial charge on any atom is 0.168 e. The molecule has 0 saturated heterocycles. The molecule has 0 unspecified atom stereocenters. The van der Waals surface area contributed by atoms with E-state index in [2.05, 4.69) is 19.1 Å². The van der Waals surface area contributed by atoms with Crippen LogP contribution in [-0.2, 0) is 6.42 Å². The van der Waals surface area contributed by atoms with Crippen LogP contribution in [0.2, 0.25) is 0 Å². The maximum absolute atomic E-state index is 15.0. The zero-order chi connectivity index (χ0) is 22.2. The van der Waals surface area contributed by atoms with Gasteiger partial charge in [0.2, 0.25) is 0 Å². The molecule has 0 bridgehead atoms. The first kappa shape index (κ1) is 23.3. The Morgan fingerprint density at radius 3 is 2.39 bits per heavy atom. The molecule has 166 valence electrons. The monoisotopic (exact) mass is 421 g/mol. The summed E-state index contributed by atoms with van der Waals surface area (Å²) >= 11 is 0. The number of nitriles is 1. The van der Waals surface area contributed by atoms with E-state index < -0.39 is 0 Å². The number of rotatable bonds is 9.